The van der Waals surface area contributed by atoms with Crippen LogP contribution in [0.5, 0.6) is 0 Å². The second-order valence-electron chi connectivity index (χ2n) is 34.2. The summed E-state index contributed by atoms with van der Waals surface area (Å²) in [6.07, 6.45) is 19.4. The molecule has 0 atom stereocenters. The topological polar surface area (TPSA) is 26.1 Å². The third kappa shape index (κ3) is 24.8. The fraction of sp³-hybridized carbons (Fsp3) is 0.483. The number of fused-ring (bicyclic) bond motifs is 2. The molecule has 9 rings (SSSR count). The van der Waals surface area contributed by atoms with Crippen molar-refractivity contribution < 1.29 is 65.4 Å². The second-order valence-corrected chi connectivity index (χ2v) is 34.2. The second kappa shape index (κ2) is 35.1. The van der Waals surface area contributed by atoms with Crippen molar-refractivity contribution in [3.63, 3.8) is 0 Å². The molecule has 0 bridgehead atoms. The van der Waals surface area contributed by atoms with Gasteiger partial charge in [0.25, 0.3) is 0 Å². The molecule has 0 unspecified atom stereocenters. The number of rotatable bonds is 0. The van der Waals surface area contributed by atoms with Crippen molar-refractivity contribution in [2.45, 2.75) is 288 Å². The first-order valence-corrected chi connectivity index (χ1v) is 34.6. The van der Waals surface area contributed by atoms with Crippen LogP contribution in [-0.4, -0.2) is 61.3 Å². The van der Waals surface area contributed by atoms with Crippen molar-refractivity contribution in [1.82, 2.24) is 33.6 Å². The van der Waals surface area contributed by atoms with E-state index in [-0.39, 0.29) is 104 Å². The Bertz CT molecular complexity index is 3760. The van der Waals surface area contributed by atoms with Gasteiger partial charge in [0.1, 0.15) is 0 Å². The molecule has 532 valence electrons. The molecule has 5 aliphatic rings. The number of aryl methyl sites for hydroxylation is 3. The summed E-state index contributed by atoms with van der Waals surface area (Å²) < 4.78 is 4.68. The van der Waals surface area contributed by atoms with Crippen LogP contribution < -0.4 is 0 Å². The summed E-state index contributed by atoms with van der Waals surface area (Å²) in [5, 5.41) is 2.42. The van der Waals surface area contributed by atoms with E-state index in [2.05, 4.69) is 413 Å². The third-order valence-electron chi connectivity index (χ3n) is 17.7. The number of hydrogen-bond donors (Lipinski definition) is 0. The van der Waals surface area contributed by atoms with Gasteiger partial charge in [-0.2, -0.15) is 0 Å². The van der Waals surface area contributed by atoms with Crippen molar-refractivity contribution in [2.75, 3.05) is 0 Å². The van der Waals surface area contributed by atoms with Crippen molar-refractivity contribution in [2.24, 2.45) is 0 Å². The molecule has 7 heterocycles. The molecule has 0 N–H and O–H groups in total. The molecule has 5 aliphatic heterocycles. The smallest absolute Gasteiger partial charge is 0.0363 e. The summed E-state index contributed by atoms with van der Waals surface area (Å²) in [4.78, 5) is 11.3. The predicted octanol–water partition coefficient (Wildman–Crippen LogP) is 25.4. The number of aromatic nitrogens is 2. The molecule has 7 nitrogen and oxygen atoms in total. The van der Waals surface area contributed by atoms with Gasteiger partial charge in [0, 0.05) is 162 Å². The largest absolute Gasteiger partial charge is 0.391 e. The molecule has 4 aromatic rings. The van der Waals surface area contributed by atoms with Gasteiger partial charge in [0.2, 0.25) is 0 Å². The predicted molar refractivity (Wildman–Crippen MR) is 426 cm³/mol. The molecule has 2 aromatic heterocycles. The monoisotopic (exact) mass is 1480 g/mol. The quantitative estimate of drug-likeness (QED) is 0.164. The zero-order valence-electron chi connectivity index (χ0n) is 69.0. The van der Waals surface area contributed by atoms with Gasteiger partial charge in [-0.15, -0.1) is 70.4 Å². The van der Waals surface area contributed by atoms with Crippen molar-refractivity contribution in [1.29, 1.82) is 0 Å². The minimum Gasteiger partial charge on any atom is -0.391 e. The van der Waals surface area contributed by atoms with E-state index in [9.17, 15) is 0 Å². The maximum Gasteiger partial charge on any atom is 0.0363 e. The molecular formula is C89H133N7Y2-2. The summed E-state index contributed by atoms with van der Waals surface area (Å²) in [5.41, 5.74) is 28.6. The number of hydrogen-bond acceptors (Lipinski definition) is 5. The molecule has 2 aromatic carbocycles. The molecule has 0 saturated heterocycles. The number of nitrogens with zero attached hydrogens (tertiary/aromatic N) is 7. The number of benzene rings is 2. The Morgan fingerprint density at radius 3 is 1.02 bits per heavy atom. The van der Waals surface area contributed by atoms with E-state index in [1.165, 1.54) is 106 Å². The van der Waals surface area contributed by atoms with E-state index < -0.39 is 0 Å². The maximum absolute atomic E-state index is 4.11. The summed E-state index contributed by atoms with van der Waals surface area (Å²) in [6.45, 7) is 98.9. The Morgan fingerprint density at radius 2 is 0.684 bits per heavy atom. The molecule has 0 saturated carbocycles. The first-order valence-electron chi connectivity index (χ1n) is 34.6. The van der Waals surface area contributed by atoms with Crippen LogP contribution in [0, 0.1) is 32.9 Å². The van der Waals surface area contributed by atoms with Crippen LogP contribution in [0.15, 0.2) is 220 Å². The Hall–Kier alpha value is -5.17. The van der Waals surface area contributed by atoms with Crippen LogP contribution in [0.1, 0.15) is 245 Å². The maximum atomic E-state index is 4.11. The Balaban J connectivity index is 0.000000570. The third-order valence-corrected chi connectivity index (χ3v) is 17.7. The van der Waals surface area contributed by atoms with Gasteiger partial charge in [-0.1, -0.05) is 46.7 Å². The summed E-state index contributed by atoms with van der Waals surface area (Å²) in [6, 6.07) is 19.5. The standard InChI is InChI=1S/C14H18N.C13H16N.2C13H21N.3C12H19N.2Y/c1-10-6-7-12-9-11(2)15(13(12)8-10)14(3,4)5;1-10-5-6-11-7-8-14(12(11)9-10)13(2,3)4;2*1-9-8-10(2)14(13(5,6)7)12(4)11(9)3;2*1-9-7-11(3)13(8-10(9)2)12(4,5)6;1-9-7-10(2)13(11(3)8-9)12(4,5)6;;/h6,8-9H,1-5H3;5,7-9H,1-4H3;2*8H,2H2,1,3-7H3;2*7-8H,3H2,1-2,4-6H3;7-8H,2H2,1,3-6H3;;/q2*-1;;;;;;;. The minimum absolute atomic E-state index is 0. The van der Waals surface area contributed by atoms with Gasteiger partial charge in [0.05, 0.1) is 0 Å². The van der Waals surface area contributed by atoms with Crippen LogP contribution in [0.3, 0.4) is 0 Å². The van der Waals surface area contributed by atoms with Crippen LogP contribution in [0.2, 0.25) is 0 Å². The molecule has 2 radical (unpaired) electrons. The van der Waals surface area contributed by atoms with Crippen molar-refractivity contribution in [3.05, 3.63) is 249 Å². The SMILES string of the molecule is C=C1C=C(C)C(C)=C(C)N1C(C)(C)C.C=C1C=C(C)C(C)=C(C)N1C(C)(C)C.C=C1C=C(C)C(C)=CN1C(C)(C)C.C=C1C=C(C)C(C)=CN1C(C)(C)C.C=C1C=C(C)C=C(C)N1C(C)(C)C.Cc1c[c-]c2cc(C)n(C(C)(C)C)c2c1.Cc1c[c-]c2ccn(C(C)(C)C)c2c1.[Y].[Y]. The molecule has 98 heavy (non-hydrogen) atoms. The first-order chi connectivity index (χ1) is 43.3. The van der Waals surface area contributed by atoms with Crippen LogP contribution in [-0.2, 0) is 76.5 Å². The average Bonchev–Trinajstić information content (AvgIpc) is 1.44. The van der Waals surface area contributed by atoms with Crippen LogP contribution in [0.4, 0.5) is 0 Å². The fourth-order valence-corrected chi connectivity index (χ4v) is 12.9. The van der Waals surface area contributed by atoms with E-state index in [0.717, 1.165) is 28.5 Å². The Labute approximate surface area is 652 Å². The Kier molecular flexibility index (Phi) is 32.6. The first kappa shape index (κ1) is 90.8. The molecule has 9 heteroatoms. The van der Waals surface area contributed by atoms with E-state index in [0.29, 0.717) is 0 Å². The average molecular weight is 1480 g/mol. The molecule has 0 spiro atoms. The molecule has 0 amide bonds. The summed E-state index contributed by atoms with van der Waals surface area (Å²) in [7, 11) is 0. The van der Waals surface area contributed by atoms with E-state index in [1.807, 2.05) is 6.07 Å². The zero-order chi connectivity index (χ0) is 74.4. The van der Waals surface area contributed by atoms with Crippen LogP contribution >= 0.6 is 0 Å². The Morgan fingerprint density at radius 1 is 0.337 bits per heavy atom. The molecular weight excluding hydrogens is 1340 g/mol. The zero-order valence-corrected chi connectivity index (χ0v) is 74.7. The van der Waals surface area contributed by atoms with Gasteiger partial charge >= 0.3 is 0 Å². The summed E-state index contributed by atoms with van der Waals surface area (Å²) in [5.74, 6) is 0. The van der Waals surface area contributed by atoms with E-state index >= 15 is 0 Å². The normalized spacial score (nSPS) is 16.4. The van der Waals surface area contributed by atoms with Crippen LogP contribution in [0.25, 0.3) is 21.8 Å². The van der Waals surface area contributed by atoms with Gasteiger partial charge in [-0.25, -0.2) is 0 Å². The van der Waals surface area contributed by atoms with Crippen molar-refractivity contribution in [3.8, 4) is 0 Å². The van der Waals surface area contributed by atoms with E-state index in [1.54, 1.807) is 0 Å². The van der Waals surface area contributed by atoms with Crippen molar-refractivity contribution >= 4 is 21.8 Å². The fourth-order valence-electron chi connectivity index (χ4n) is 12.9. The molecule has 0 fully saturated rings. The minimum atomic E-state index is 0. The van der Waals surface area contributed by atoms with Gasteiger partial charge in [-0.3, -0.25) is 0 Å². The van der Waals surface area contributed by atoms with E-state index in [4.69, 9.17) is 0 Å². The van der Waals surface area contributed by atoms with Gasteiger partial charge in [0.15, 0.2) is 0 Å². The number of allylic oxidation sites excluding steroid dienone is 18. The van der Waals surface area contributed by atoms with Gasteiger partial charge < -0.3 is 33.6 Å². The van der Waals surface area contributed by atoms with Gasteiger partial charge in [-0.05, 0) is 345 Å². The summed E-state index contributed by atoms with van der Waals surface area (Å²) >= 11 is 0. The molecule has 0 aliphatic carbocycles.